The molecule has 1 aromatic carbocycles. The minimum atomic E-state index is -0.180. The number of amides is 1. The smallest absolute Gasteiger partial charge is 0.274 e. The van der Waals surface area contributed by atoms with Gasteiger partial charge in [-0.15, -0.1) is 0 Å². The maximum absolute atomic E-state index is 12.5. The van der Waals surface area contributed by atoms with Gasteiger partial charge in [-0.3, -0.25) is 9.78 Å². The molecular formula is C18H21N3O2. The van der Waals surface area contributed by atoms with Crippen molar-refractivity contribution in [3.05, 3.63) is 53.9 Å². The van der Waals surface area contributed by atoms with E-state index in [0.29, 0.717) is 18.9 Å². The Morgan fingerprint density at radius 1 is 1.26 bits per heavy atom. The van der Waals surface area contributed by atoms with E-state index in [1.165, 1.54) is 0 Å². The fraction of sp³-hybridized carbons (Fsp3) is 0.333. The highest BCUT2D eigenvalue weighted by Crippen LogP contribution is 2.19. The van der Waals surface area contributed by atoms with Crippen molar-refractivity contribution in [2.45, 2.75) is 13.3 Å². The number of nitrogens with zero attached hydrogens (tertiary/aromatic N) is 2. The lowest BCUT2D eigenvalue weighted by Gasteiger charge is -2.28. The monoisotopic (exact) mass is 311 g/mol. The number of para-hydroxylation sites is 1. The number of hydrogen-bond acceptors (Lipinski definition) is 4. The van der Waals surface area contributed by atoms with Gasteiger partial charge in [-0.1, -0.05) is 25.1 Å². The molecule has 1 saturated heterocycles. The average Bonchev–Trinajstić information content (AvgIpc) is 2.63. The first-order chi connectivity index (χ1) is 11.3. The molecule has 1 amide bonds. The largest absolute Gasteiger partial charge is 0.378 e. The van der Waals surface area contributed by atoms with Crippen LogP contribution in [0.5, 0.6) is 0 Å². The van der Waals surface area contributed by atoms with Gasteiger partial charge in [0.25, 0.3) is 5.91 Å². The van der Waals surface area contributed by atoms with Crippen LogP contribution >= 0.6 is 0 Å². The summed E-state index contributed by atoms with van der Waals surface area (Å²) in [6.45, 7) is 5.18. The van der Waals surface area contributed by atoms with Gasteiger partial charge in [0, 0.05) is 30.7 Å². The Bertz CT molecular complexity index is 681. The number of pyridine rings is 1. The van der Waals surface area contributed by atoms with E-state index in [4.69, 9.17) is 4.74 Å². The molecule has 1 N–H and O–H groups in total. The molecule has 2 heterocycles. The Kier molecular flexibility index (Phi) is 4.88. The third-order valence-corrected chi connectivity index (χ3v) is 4.00. The number of carbonyl (C=O) groups is 1. The highest BCUT2D eigenvalue weighted by atomic mass is 16.5. The minimum Gasteiger partial charge on any atom is -0.378 e. The molecule has 0 unspecified atom stereocenters. The van der Waals surface area contributed by atoms with E-state index in [0.717, 1.165) is 36.4 Å². The third-order valence-electron chi connectivity index (χ3n) is 4.00. The number of morpholine rings is 1. The van der Waals surface area contributed by atoms with Crippen LogP contribution in [0.1, 0.15) is 23.0 Å². The summed E-state index contributed by atoms with van der Waals surface area (Å²) < 4.78 is 5.37. The van der Waals surface area contributed by atoms with Gasteiger partial charge < -0.3 is 15.0 Å². The molecule has 0 saturated carbocycles. The first-order valence-electron chi connectivity index (χ1n) is 7.96. The zero-order valence-corrected chi connectivity index (χ0v) is 13.3. The normalized spacial score (nSPS) is 14.6. The van der Waals surface area contributed by atoms with Crippen molar-refractivity contribution in [2.75, 3.05) is 36.5 Å². The number of anilines is 2. The van der Waals surface area contributed by atoms with Gasteiger partial charge >= 0.3 is 0 Å². The van der Waals surface area contributed by atoms with Gasteiger partial charge in [-0.2, -0.15) is 0 Å². The average molecular weight is 311 g/mol. The zero-order chi connectivity index (χ0) is 16.1. The van der Waals surface area contributed by atoms with Crippen molar-refractivity contribution < 1.29 is 9.53 Å². The van der Waals surface area contributed by atoms with Crippen molar-refractivity contribution >= 4 is 17.3 Å². The molecule has 1 fully saturated rings. The second-order valence-electron chi connectivity index (χ2n) is 5.46. The van der Waals surface area contributed by atoms with E-state index >= 15 is 0 Å². The molecule has 1 aliphatic rings. The summed E-state index contributed by atoms with van der Waals surface area (Å²) in [5.74, 6) is -0.180. The SMILES string of the molecule is CCc1ccccc1NC(=O)c1cc(N2CCOCC2)ccn1. The predicted molar refractivity (Wildman–Crippen MR) is 91.0 cm³/mol. The standard InChI is InChI=1S/C18H21N3O2/c1-2-14-5-3-4-6-16(14)20-18(22)17-13-15(7-8-19-17)21-9-11-23-12-10-21/h3-8,13H,2,9-12H2,1H3,(H,20,22). The number of ether oxygens (including phenoxy) is 1. The first-order valence-corrected chi connectivity index (χ1v) is 7.96. The van der Waals surface area contributed by atoms with Gasteiger partial charge in [-0.25, -0.2) is 0 Å². The summed E-state index contributed by atoms with van der Waals surface area (Å²) in [5, 5.41) is 2.96. The summed E-state index contributed by atoms with van der Waals surface area (Å²) >= 11 is 0. The lowest BCUT2D eigenvalue weighted by molar-refractivity contribution is 0.102. The summed E-state index contributed by atoms with van der Waals surface area (Å²) in [7, 11) is 0. The Hall–Kier alpha value is -2.40. The van der Waals surface area contributed by atoms with Crippen LogP contribution in [0.25, 0.3) is 0 Å². The number of nitrogens with one attached hydrogen (secondary N) is 1. The van der Waals surface area contributed by atoms with E-state index < -0.39 is 0 Å². The van der Waals surface area contributed by atoms with Crippen molar-refractivity contribution in [3.8, 4) is 0 Å². The van der Waals surface area contributed by atoms with E-state index in [1.54, 1.807) is 6.20 Å². The molecule has 3 rings (SSSR count). The van der Waals surface area contributed by atoms with E-state index in [-0.39, 0.29) is 5.91 Å². The highest BCUT2D eigenvalue weighted by molar-refractivity contribution is 6.03. The number of hydrogen-bond donors (Lipinski definition) is 1. The second-order valence-corrected chi connectivity index (χ2v) is 5.46. The molecular weight excluding hydrogens is 290 g/mol. The first kappa shape index (κ1) is 15.5. The molecule has 0 aliphatic carbocycles. The van der Waals surface area contributed by atoms with Crippen molar-refractivity contribution in [1.82, 2.24) is 4.98 Å². The molecule has 0 atom stereocenters. The molecule has 120 valence electrons. The van der Waals surface area contributed by atoms with E-state index in [2.05, 4.69) is 22.1 Å². The zero-order valence-electron chi connectivity index (χ0n) is 13.3. The molecule has 0 bridgehead atoms. The highest BCUT2D eigenvalue weighted by Gasteiger charge is 2.15. The molecule has 5 nitrogen and oxygen atoms in total. The third kappa shape index (κ3) is 3.68. The summed E-state index contributed by atoms with van der Waals surface area (Å²) in [4.78, 5) is 18.9. The van der Waals surface area contributed by atoms with Gasteiger partial charge in [0.05, 0.1) is 13.2 Å². The topological polar surface area (TPSA) is 54.5 Å². The summed E-state index contributed by atoms with van der Waals surface area (Å²) in [6, 6.07) is 11.6. The Balaban J connectivity index is 1.77. The van der Waals surface area contributed by atoms with Crippen LogP contribution in [0.4, 0.5) is 11.4 Å². The fourth-order valence-electron chi connectivity index (χ4n) is 2.70. The maximum Gasteiger partial charge on any atom is 0.274 e. The van der Waals surface area contributed by atoms with Crippen molar-refractivity contribution in [3.63, 3.8) is 0 Å². The maximum atomic E-state index is 12.5. The summed E-state index contributed by atoms with van der Waals surface area (Å²) in [6.07, 6.45) is 2.56. The van der Waals surface area contributed by atoms with Crippen LogP contribution in [-0.4, -0.2) is 37.2 Å². The molecule has 0 radical (unpaired) electrons. The predicted octanol–water partition coefficient (Wildman–Crippen LogP) is 2.73. The quantitative estimate of drug-likeness (QED) is 0.943. The van der Waals surface area contributed by atoms with Crippen LogP contribution < -0.4 is 10.2 Å². The number of benzene rings is 1. The van der Waals surface area contributed by atoms with Crippen LogP contribution in [0.3, 0.4) is 0 Å². The summed E-state index contributed by atoms with van der Waals surface area (Å²) in [5.41, 5.74) is 3.40. The number of aryl methyl sites for hydroxylation is 1. The van der Waals surface area contributed by atoms with E-state index in [1.807, 2.05) is 36.4 Å². The van der Waals surface area contributed by atoms with Gasteiger partial charge in [0.15, 0.2) is 0 Å². The lowest BCUT2D eigenvalue weighted by Crippen LogP contribution is -2.36. The van der Waals surface area contributed by atoms with Crippen LogP contribution in [0, 0.1) is 0 Å². The molecule has 23 heavy (non-hydrogen) atoms. The Morgan fingerprint density at radius 3 is 2.83 bits per heavy atom. The second kappa shape index (κ2) is 7.24. The number of aromatic nitrogens is 1. The molecule has 5 heteroatoms. The van der Waals surface area contributed by atoms with E-state index in [9.17, 15) is 4.79 Å². The molecule has 0 spiro atoms. The lowest BCUT2D eigenvalue weighted by atomic mass is 10.1. The van der Waals surface area contributed by atoms with Gasteiger partial charge in [0.2, 0.25) is 0 Å². The Labute approximate surface area is 136 Å². The number of rotatable bonds is 4. The molecule has 1 aromatic heterocycles. The number of carbonyl (C=O) groups excluding carboxylic acids is 1. The van der Waals surface area contributed by atoms with Gasteiger partial charge in [0.1, 0.15) is 5.69 Å². The van der Waals surface area contributed by atoms with Crippen LogP contribution in [-0.2, 0) is 11.2 Å². The van der Waals surface area contributed by atoms with Gasteiger partial charge in [-0.05, 0) is 30.2 Å². The Morgan fingerprint density at radius 2 is 2.04 bits per heavy atom. The van der Waals surface area contributed by atoms with Crippen molar-refractivity contribution in [2.24, 2.45) is 0 Å². The molecule has 2 aromatic rings. The minimum absolute atomic E-state index is 0.180. The van der Waals surface area contributed by atoms with Crippen LogP contribution in [0.2, 0.25) is 0 Å². The van der Waals surface area contributed by atoms with Crippen LogP contribution in [0.15, 0.2) is 42.6 Å². The van der Waals surface area contributed by atoms with Crippen molar-refractivity contribution in [1.29, 1.82) is 0 Å². The fourth-order valence-corrected chi connectivity index (χ4v) is 2.70. The molecule has 1 aliphatic heterocycles.